The number of aromatic hydroxyl groups is 1. The molecular formula is C23H16N2O4. The van der Waals surface area contributed by atoms with Gasteiger partial charge in [-0.25, -0.2) is 4.79 Å². The summed E-state index contributed by atoms with van der Waals surface area (Å²) in [7, 11) is 0. The number of carbonyl (C=O) groups is 2. The Bertz CT molecular complexity index is 1170. The van der Waals surface area contributed by atoms with Crippen LogP contribution in [0.5, 0.6) is 5.75 Å². The number of anilines is 1. The van der Waals surface area contributed by atoms with Crippen LogP contribution in [0.2, 0.25) is 0 Å². The zero-order chi connectivity index (χ0) is 20.4. The third-order valence-corrected chi connectivity index (χ3v) is 4.50. The number of carboxylic acids is 1. The lowest BCUT2D eigenvalue weighted by atomic mass is 10.00. The summed E-state index contributed by atoms with van der Waals surface area (Å²) < 4.78 is 0. The summed E-state index contributed by atoms with van der Waals surface area (Å²) in [6, 6.07) is 22.0. The van der Waals surface area contributed by atoms with Crippen molar-refractivity contribution >= 4 is 29.4 Å². The number of para-hydroxylation sites is 1. The van der Waals surface area contributed by atoms with E-state index in [0.29, 0.717) is 22.5 Å². The minimum atomic E-state index is -1.09. The molecule has 0 atom stereocenters. The molecule has 0 fully saturated rings. The van der Waals surface area contributed by atoms with Crippen molar-refractivity contribution in [3.8, 4) is 5.75 Å². The number of amides is 1. The van der Waals surface area contributed by atoms with Crippen LogP contribution < -0.4 is 5.01 Å². The molecular weight excluding hydrogens is 368 g/mol. The number of carbonyl (C=O) groups excluding carboxylic acids is 1. The van der Waals surface area contributed by atoms with Crippen molar-refractivity contribution in [3.05, 3.63) is 101 Å². The molecule has 0 bridgehead atoms. The first-order chi connectivity index (χ1) is 14.0. The maximum absolute atomic E-state index is 13.2. The van der Waals surface area contributed by atoms with Gasteiger partial charge in [0.05, 0.1) is 16.8 Å². The number of aromatic carboxylic acids is 1. The number of hydrazone groups is 1. The molecule has 0 aliphatic carbocycles. The fraction of sp³-hybridized carbons (Fsp3) is 0. The molecule has 0 radical (unpaired) electrons. The molecule has 3 aromatic rings. The second kappa shape index (κ2) is 7.44. The number of hydrogen-bond donors (Lipinski definition) is 2. The maximum atomic E-state index is 13.2. The molecule has 0 unspecified atom stereocenters. The quantitative estimate of drug-likeness (QED) is 0.667. The number of nitrogens with zero attached hydrogens (tertiary/aromatic N) is 2. The zero-order valence-electron chi connectivity index (χ0n) is 15.2. The van der Waals surface area contributed by atoms with Crippen LogP contribution >= 0.6 is 0 Å². The highest BCUT2D eigenvalue weighted by Crippen LogP contribution is 2.30. The van der Waals surface area contributed by atoms with E-state index in [9.17, 15) is 19.8 Å². The van der Waals surface area contributed by atoms with E-state index in [1.807, 2.05) is 30.3 Å². The van der Waals surface area contributed by atoms with E-state index in [0.717, 1.165) is 5.56 Å². The van der Waals surface area contributed by atoms with E-state index in [4.69, 9.17) is 0 Å². The Labute approximate surface area is 166 Å². The van der Waals surface area contributed by atoms with E-state index in [1.54, 1.807) is 42.5 Å². The molecule has 6 nitrogen and oxygen atoms in total. The molecule has 2 N–H and O–H groups in total. The predicted octanol–water partition coefficient (Wildman–Crippen LogP) is 3.92. The van der Waals surface area contributed by atoms with Gasteiger partial charge < -0.3 is 10.2 Å². The van der Waals surface area contributed by atoms with Crippen molar-refractivity contribution in [1.82, 2.24) is 0 Å². The Balaban J connectivity index is 1.85. The summed E-state index contributed by atoms with van der Waals surface area (Å²) in [5.41, 5.74) is 2.38. The Kier molecular flexibility index (Phi) is 4.66. The Morgan fingerprint density at radius 3 is 2.38 bits per heavy atom. The second-order valence-corrected chi connectivity index (χ2v) is 6.40. The van der Waals surface area contributed by atoms with Crippen molar-refractivity contribution in [2.75, 3.05) is 5.01 Å². The number of phenols is 1. The van der Waals surface area contributed by atoms with Gasteiger partial charge in [0.25, 0.3) is 5.91 Å². The first-order valence-corrected chi connectivity index (χ1v) is 8.86. The average molecular weight is 384 g/mol. The van der Waals surface area contributed by atoms with Gasteiger partial charge in [0.1, 0.15) is 11.5 Å². The second-order valence-electron chi connectivity index (χ2n) is 6.40. The van der Waals surface area contributed by atoms with Crippen LogP contribution in [0.3, 0.4) is 0 Å². The highest BCUT2D eigenvalue weighted by molar-refractivity contribution is 6.37. The highest BCUT2D eigenvalue weighted by Gasteiger charge is 2.32. The number of benzene rings is 3. The molecule has 0 saturated carbocycles. The van der Waals surface area contributed by atoms with Crippen molar-refractivity contribution in [2.45, 2.75) is 0 Å². The van der Waals surface area contributed by atoms with Crippen LogP contribution in [0, 0.1) is 0 Å². The minimum absolute atomic E-state index is 0.0477. The van der Waals surface area contributed by atoms with Gasteiger partial charge in [0.2, 0.25) is 0 Å². The number of carboxylic acid groups (broad SMARTS) is 1. The molecule has 1 heterocycles. The molecule has 1 amide bonds. The summed E-state index contributed by atoms with van der Waals surface area (Å²) in [4.78, 5) is 24.5. The fourth-order valence-corrected chi connectivity index (χ4v) is 3.06. The molecule has 0 saturated heterocycles. The van der Waals surface area contributed by atoms with E-state index in [2.05, 4.69) is 5.10 Å². The van der Waals surface area contributed by atoms with Gasteiger partial charge in [-0.05, 0) is 30.3 Å². The average Bonchev–Trinajstić information content (AvgIpc) is 3.07. The van der Waals surface area contributed by atoms with Crippen LogP contribution in [-0.2, 0) is 4.79 Å². The lowest BCUT2D eigenvalue weighted by Crippen LogP contribution is -2.21. The monoisotopic (exact) mass is 384 g/mol. The number of hydrogen-bond acceptors (Lipinski definition) is 4. The standard InChI is InChI=1S/C23H16N2O4/c26-20-12-5-4-9-16(20)14-19-21(15-7-2-1-3-8-15)24-25(22(19)27)18-11-6-10-17(13-18)23(28)29/h1-14,26H,(H,28,29)/b19-14-. The lowest BCUT2D eigenvalue weighted by Gasteiger charge is -2.12. The number of rotatable bonds is 4. The largest absolute Gasteiger partial charge is 0.507 e. The third-order valence-electron chi connectivity index (χ3n) is 4.50. The van der Waals surface area contributed by atoms with Crippen LogP contribution in [0.15, 0.2) is 89.5 Å². The summed E-state index contributed by atoms with van der Waals surface area (Å²) in [5.74, 6) is -1.45. The Morgan fingerprint density at radius 1 is 0.931 bits per heavy atom. The molecule has 6 heteroatoms. The van der Waals surface area contributed by atoms with Gasteiger partial charge in [-0.1, -0.05) is 54.6 Å². The van der Waals surface area contributed by atoms with Crippen molar-refractivity contribution < 1.29 is 19.8 Å². The van der Waals surface area contributed by atoms with Crippen LogP contribution in [0.4, 0.5) is 5.69 Å². The maximum Gasteiger partial charge on any atom is 0.335 e. The summed E-state index contributed by atoms with van der Waals surface area (Å²) >= 11 is 0. The Hall–Kier alpha value is -4.19. The van der Waals surface area contributed by atoms with Gasteiger partial charge in [0, 0.05) is 11.1 Å². The van der Waals surface area contributed by atoms with E-state index in [-0.39, 0.29) is 11.3 Å². The number of phenolic OH excluding ortho intramolecular Hbond substituents is 1. The molecule has 142 valence electrons. The van der Waals surface area contributed by atoms with E-state index in [1.165, 1.54) is 17.1 Å². The van der Waals surface area contributed by atoms with Crippen molar-refractivity contribution in [3.63, 3.8) is 0 Å². The first-order valence-electron chi connectivity index (χ1n) is 8.86. The summed E-state index contributed by atoms with van der Waals surface area (Å²) in [6.07, 6.45) is 1.59. The van der Waals surface area contributed by atoms with Crippen LogP contribution in [-0.4, -0.2) is 27.8 Å². The lowest BCUT2D eigenvalue weighted by molar-refractivity contribution is -0.114. The zero-order valence-corrected chi connectivity index (χ0v) is 15.2. The smallest absolute Gasteiger partial charge is 0.335 e. The predicted molar refractivity (Wildman–Crippen MR) is 110 cm³/mol. The molecule has 3 aromatic carbocycles. The summed E-state index contributed by atoms with van der Waals surface area (Å²) in [6.45, 7) is 0. The van der Waals surface area contributed by atoms with Gasteiger partial charge in [0.15, 0.2) is 0 Å². The fourth-order valence-electron chi connectivity index (χ4n) is 3.06. The molecule has 0 spiro atoms. The first kappa shape index (κ1) is 18.2. The van der Waals surface area contributed by atoms with E-state index < -0.39 is 11.9 Å². The van der Waals surface area contributed by atoms with E-state index >= 15 is 0 Å². The molecule has 29 heavy (non-hydrogen) atoms. The highest BCUT2D eigenvalue weighted by atomic mass is 16.4. The van der Waals surface area contributed by atoms with Gasteiger partial charge in [-0.15, -0.1) is 0 Å². The van der Waals surface area contributed by atoms with Crippen molar-refractivity contribution in [2.24, 2.45) is 5.10 Å². The van der Waals surface area contributed by atoms with Crippen LogP contribution in [0.25, 0.3) is 6.08 Å². The molecule has 1 aliphatic rings. The third kappa shape index (κ3) is 3.51. The van der Waals surface area contributed by atoms with Gasteiger partial charge in [-0.2, -0.15) is 10.1 Å². The summed E-state index contributed by atoms with van der Waals surface area (Å²) in [5, 5.41) is 25.0. The minimum Gasteiger partial charge on any atom is -0.507 e. The normalized spacial score (nSPS) is 14.9. The topological polar surface area (TPSA) is 90.2 Å². The van der Waals surface area contributed by atoms with Crippen LogP contribution in [0.1, 0.15) is 21.5 Å². The molecule has 1 aliphatic heterocycles. The Morgan fingerprint density at radius 2 is 1.66 bits per heavy atom. The van der Waals surface area contributed by atoms with Gasteiger partial charge >= 0.3 is 5.97 Å². The molecule has 4 rings (SSSR count). The SMILES string of the molecule is O=C(O)c1cccc(N2N=C(c3ccccc3)/C(=C/c3ccccc3O)C2=O)c1. The molecule has 0 aromatic heterocycles. The van der Waals surface area contributed by atoms with Crippen molar-refractivity contribution in [1.29, 1.82) is 0 Å². The van der Waals surface area contributed by atoms with Gasteiger partial charge in [-0.3, -0.25) is 4.79 Å².